The van der Waals surface area contributed by atoms with Gasteiger partial charge in [0.25, 0.3) is 0 Å². The Morgan fingerprint density at radius 1 is 0.565 bits per heavy atom. The van der Waals surface area contributed by atoms with Gasteiger partial charge in [-0.2, -0.15) is 0 Å². The molecular weight excluding hydrogens is 751 g/mol. The molecule has 5 aliphatic rings. The number of dihydropyridines is 1. The summed E-state index contributed by atoms with van der Waals surface area (Å²) in [6, 6.07) is 47.8. The Balaban J connectivity index is 0.951. The second-order valence-corrected chi connectivity index (χ2v) is 18.2. The molecule has 4 aliphatic carbocycles. The van der Waals surface area contributed by atoms with E-state index in [1.165, 1.54) is 122 Å². The molecule has 3 heteroatoms. The van der Waals surface area contributed by atoms with Crippen molar-refractivity contribution in [1.82, 2.24) is 9.13 Å². The van der Waals surface area contributed by atoms with Gasteiger partial charge in [-0.1, -0.05) is 139 Å². The molecule has 3 nitrogen and oxygen atoms in total. The highest BCUT2D eigenvalue weighted by Gasteiger charge is 2.29. The van der Waals surface area contributed by atoms with Crippen molar-refractivity contribution in [2.24, 2.45) is 10.9 Å². The third kappa shape index (κ3) is 6.61. The van der Waals surface area contributed by atoms with Gasteiger partial charge in [0.05, 0.1) is 23.3 Å². The zero-order valence-electron chi connectivity index (χ0n) is 35.5. The first-order valence-electron chi connectivity index (χ1n) is 23.3. The van der Waals surface area contributed by atoms with Crippen LogP contribution in [0, 0.1) is 5.92 Å². The van der Waals surface area contributed by atoms with Gasteiger partial charge in [-0.15, -0.1) is 0 Å². The number of hydrogen-bond donors (Lipinski definition) is 0. The summed E-state index contributed by atoms with van der Waals surface area (Å²) in [5.41, 5.74) is 18.9. The van der Waals surface area contributed by atoms with E-state index in [0.29, 0.717) is 5.92 Å². The number of allylic oxidation sites excluding steroid dienone is 9. The molecule has 2 aromatic heterocycles. The topological polar surface area (TPSA) is 22.2 Å². The Labute approximate surface area is 365 Å². The van der Waals surface area contributed by atoms with Crippen molar-refractivity contribution in [3.05, 3.63) is 203 Å². The van der Waals surface area contributed by atoms with Gasteiger partial charge in [0.15, 0.2) is 0 Å². The largest absolute Gasteiger partial charge is 0.333 e. The van der Waals surface area contributed by atoms with Gasteiger partial charge in [-0.05, 0) is 140 Å². The van der Waals surface area contributed by atoms with Gasteiger partial charge in [0.2, 0.25) is 0 Å². The van der Waals surface area contributed by atoms with Crippen LogP contribution in [0.1, 0.15) is 98.2 Å². The predicted molar refractivity (Wildman–Crippen MR) is 262 cm³/mol. The molecule has 5 aromatic carbocycles. The fraction of sp³-hybridized carbons (Fsp3) is 0.237. The van der Waals surface area contributed by atoms with Crippen LogP contribution in [0.25, 0.3) is 55.6 Å². The summed E-state index contributed by atoms with van der Waals surface area (Å²) >= 11 is 0. The lowest BCUT2D eigenvalue weighted by Crippen LogP contribution is -2.21. The number of hydrogen-bond acceptors (Lipinski definition) is 1. The van der Waals surface area contributed by atoms with Crippen LogP contribution in [0.15, 0.2) is 180 Å². The Kier molecular flexibility index (Phi) is 9.50. The Hall–Kier alpha value is -6.45. The summed E-state index contributed by atoms with van der Waals surface area (Å²) in [6.45, 7) is 0. The first-order valence-corrected chi connectivity index (χ1v) is 23.3. The third-order valence-corrected chi connectivity index (χ3v) is 14.5. The van der Waals surface area contributed by atoms with Crippen molar-refractivity contribution in [2.75, 3.05) is 0 Å². The molecule has 0 radical (unpaired) electrons. The Bertz CT molecular complexity index is 3100. The normalized spacial score (nSPS) is 21.5. The molecule has 12 rings (SSSR count). The average molecular weight is 804 g/mol. The van der Waals surface area contributed by atoms with Gasteiger partial charge in [-0.3, -0.25) is 4.99 Å². The van der Waals surface area contributed by atoms with Crippen molar-refractivity contribution in [2.45, 2.75) is 82.7 Å². The lowest BCUT2D eigenvalue weighted by molar-refractivity contribution is 0.541. The van der Waals surface area contributed by atoms with Crippen LogP contribution in [0.5, 0.6) is 0 Å². The SMILES string of the molecule is C1=CC(C2=CC(c3ccccc3)=CC(n3c4ccccc4c4cc(C5=Cc6c(n(C7=CC(c8ccccc8)=NC(C8=CCCCC8)C7)c7ccccc67)CC5)ccc43)C2)CCC1. The molecular formula is C59H53N3. The van der Waals surface area contributed by atoms with Crippen molar-refractivity contribution in [3.63, 3.8) is 0 Å². The lowest BCUT2D eigenvalue weighted by atomic mass is 9.81. The zero-order chi connectivity index (χ0) is 41.0. The van der Waals surface area contributed by atoms with Crippen molar-refractivity contribution < 1.29 is 0 Å². The quantitative estimate of drug-likeness (QED) is 0.143. The maximum absolute atomic E-state index is 5.44. The minimum Gasteiger partial charge on any atom is -0.333 e. The van der Waals surface area contributed by atoms with Crippen LogP contribution in [0.4, 0.5) is 0 Å². The molecule has 0 N–H and O–H groups in total. The van der Waals surface area contributed by atoms with E-state index in [1.807, 2.05) is 0 Å². The maximum Gasteiger partial charge on any atom is 0.0771 e. The summed E-state index contributed by atoms with van der Waals surface area (Å²) in [6.07, 6.45) is 29.9. The van der Waals surface area contributed by atoms with Gasteiger partial charge in [-0.25, -0.2) is 0 Å². The van der Waals surface area contributed by atoms with Gasteiger partial charge in [0.1, 0.15) is 0 Å². The van der Waals surface area contributed by atoms with Crippen molar-refractivity contribution in [1.29, 1.82) is 0 Å². The van der Waals surface area contributed by atoms with Crippen molar-refractivity contribution >= 4 is 61.3 Å². The maximum atomic E-state index is 5.44. The second-order valence-electron chi connectivity index (χ2n) is 18.2. The molecule has 0 spiro atoms. The number of nitrogens with zero attached hydrogens (tertiary/aromatic N) is 3. The molecule has 62 heavy (non-hydrogen) atoms. The summed E-state index contributed by atoms with van der Waals surface area (Å²) in [4.78, 5) is 5.44. The zero-order valence-corrected chi connectivity index (χ0v) is 35.5. The molecule has 304 valence electrons. The second kappa shape index (κ2) is 15.8. The van der Waals surface area contributed by atoms with E-state index in [4.69, 9.17) is 4.99 Å². The minimum atomic E-state index is 0.187. The Morgan fingerprint density at radius 3 is 2.15 bits per heavy atom. The van der Waals surface area contributed by atoms with Gasteiger partial charge >= 0.3 is 0 Å². The number of fused-ring (bicyclic) bond motifs is 6. The van der Waals surface area contributed by atoms with Crippen LogP contribution in [-0.4, -0.2) is 20.9 Å². The molecule has 3 heterocycles. The van der Waals surface area contributed by atoms with E-state index in [-0.39, 0.29) is 12.1 Å². The first-order chi connectivity index (χ1) is 30.7. The summed E-state index contributed by atoms with van der Waals surface area (Å²) in [5.74, 6) is 0.511. The minimum absolute atomic E-state index is 0.187. The molecule has 1 aliphatic heterocycles. The predicted octanol–water partition coefficient (Wildman–Crippen LogP) is 15.1. The highest BCUT2D eigenvalue weighted by molar-refractivity contribution is 6.13. The monoisotopic (exact) mass is 803 g/mol. The fourth-order valence-corrected chi connectivity index (χ4v) is 11.5. The molecule has 0 fully saturated rings. The highest BCUT2D eigenvalue weighted by Crippen LogP contribution is 2.45. The number of aromatic nitrogens is 2. The van der Waals surface area contributed by atoms with E-state index in [9.17, 15) is 0 Å². The Morgan fingerprint density at radius 2 is 1.34 bits per heavy atom. The average Bonchev–Trinajstić information content (AvgIpc) is 3.87. The van der Waals surface area contributed by atoms with Crippen LogP contribution in [-0.2, 0) is 6.42 Å². The van der Waals surface area contributed by atoms with Crippen LogP contribution in [0.3, 0.4) is 0 Å². The first kappa shape index (κ1) is 37.3. The number of para-hydroxylation sites is 2. The highest BCUT2D eigenvalue weighted by atomic mass is 15.0. The third-order valence-electron chi connectivity index (χ3n) is 14.5. The van der Waals surface area contributed by atoms with Crippen LogP contribution in [0.2, 0.25) is 0 Å². The van der Waals surface area contributed by atoms with E-state index >= 15 is 0 Å². The van der Waals surface area contributed by atoms with E-state index in [1.54, 1.807) is 5.57 Å². The van der Waals surface area contributed by atoms with Crippen LogP contribution >= 0.6 is 0 Å². The lowest BCUT2D eigenvalue weighted by Gasteiger charge is -2.29. The summed E-state index contributed by atoms with van der Waals surface area (Å²) < 4.78 is 5.27. The molecule has 0 bridgehead atoms. The van der Waals surface area contributed by atoms with Gasteiger partial charge in [0, 0.05) is 50.6 Å². The number of rotatable bonds is 7. The fourth-order valence-electron chi connectivity index (χ4n) is 11.5. The van der Waals surface area contributed by atoms with Crippen LogP contribution < -0.4 is 0 Å². The standard InChI is InChI=1S/C59H53N3/c1-5-17-40(18-6-1)46-33-47(41-19-7-2-8-20-41)35-48(34-46)61-56-27-15-13-25-50(56)52-36-44(29-31-58(52)61)45-30-32-59-53(37-45)51-26-14-16-28-57(51)62(59)49-38-54(42-21-9-3-10-22-42)60-55(39-49)43-23-11-4-12-24-43/h1,3,5-7,9-10,13-19,21-23,25-29,31,33-34,36-38,41,48,55H,2,4,8,11-12,20,24,30,32,35,39H2. The number of benzene rings is 5. The molecule has 7 aromatic rings. The number of aliphatic imine (C=N–C) groups is 1. The smallest absolute Gasteiger partial charge is 0.0771 e. The summed E-state index contributed by atoms with van der Waals surface area (Å²) in [7, 11) is 0. The van der Waals surface area contributed by atoms with E-state index < -0.39 is 0 Å². The van der Waals surface area contributed by atoms with Gasteiger partial charge < -0.3 is 9.13 Å². The molecule has 0 saturated heterocycles. The molecule has 0 saturated carbocycles. The van der Waals surface area contributed by atoms with Crippen molar-refractivity contribution in [3.8, 4) is 0 Å². The van der Waals surface area contributed by atoms with E-state index in [2.05, 4.69) is 179 Å². The van der Waals surface area contributed by atoms with E-state index in [0.717, 1.165) is 37.8 Å². The molecule has 3 atom stereocenters. The molecule has 3 unspecified atom stereocenters. The summed E-state index contributed by atoms with van der Waals surface area (Å²) in [5, 5.41) is 4.02. The molecule has 0 amide bonds.